The summed E-state index contributed by atoms with van der Waals surface area (Å²) in [4.78, 5) is 50.0. The molecule has 3 unspecified atom stereocenters. The first-order valence-corrected chi connectivity index (χ1v) is 24.4. The van der Waals surface area contributed by atoms with Gasteiger partial charge in [-0.3, -0.25) is 14.2 Å². The molecule has 2 fully saturated rings. The van der Waals surface area contributed by atoms with Crippen LogP contribution in [0.25, 0.3) is 0 Å². The number of likely N-dealkylation sites (tertiary alicyclic amines) is 1. The van der Waals surface area contributed by atoms with E-state index in [-0.39, 0.29) is 58.3 Å². The summed E-state index contributed by atoms with van der Waals surface area (Å²) in [6.45, 7) is 0.453. The maximum Gasteiger partial charge on any atom is 0.326 e. The lowest BCUT2D eigenvalue weighted by Gasteiger charge is -2.28. The van der Waals surface area contributed by atoms with Crippen LogP contribution >= 0.6 is 54.4 Å². The Hall–Kier alpha value is -2.73. The molecule has 6 N–H and O–H groups in total. The summed E-state index contributed by atoms with van der Waals surface area (Å²) in [6.07, 6.45) is 1.94. The van der Waals surface area contributed by atoms with Crippen LogP contribution in [-0.4, -0.2) is 94.3 Å². The number of amides is 2. The molecule has 13 nitrogen and oxygen atoms in total. The zero-order chi connectivity index (χ0) is 39.2. The maximum absolute atomic E-state index is 13.3. The van der Waals surface area contributed by atoms with Crippen molar-refractivity contribution in [3.63, 3.8) is 0 Å². The van der Waals surface area contributed by atoms with Crippen LogP contribution < -0.4 is 20.1 Å². The zero-order valence-electron chi connectivity index (χ0n) is 29.7. The number of anilines is 1. The first-order chi connectivity index (χ1) is 26.2. The van der Waals surface area contributed by atoms with Gasteiger partial charge in [-0.15, -0.1) is 23.5 Å². The quantitative estimate of drug-likeness (QED) is 0.0606. The second kappa shape index (κ2) is 18.2. The third kappa shape index (κ3) is 11.0. The van der Waals surface area contributed by atoms with Gasteiger partial charge in [0, 0.05) is 54.2 Å². The molecule has 3 atom stereocenters. The molecular formula is C36H43ClN5O8PS4. The molecule has 55 heavy (non-hydrogen) atoms. The average molecular weight is 868 g/mol. The molecule has 3 aliphatic heterocycles. The molecule has 2 saturated heterocycles. The summed E-state index contributed by atoms with van der Waals surface area (Å²) in [5.74, 6) is -0.324. The van der Waals surface area contributed by atoms with Crippen LogP contribution in [0.4, 0.5) is 5.69 Å². The number of hydrogen-bond acceptors (Lipinski definition) is 11. The highest BCUT2D eigenvalue weighted by Crippen LogP contribution is 2.52. The van der Waals surface area contributed by atoms with E-state index in [1.54, 1.807) is 59.9 Å². The maximum atomic E-state index is 13.3. The fourth-order valence-electron chi connectivity index (χ4n) is 6.60. The molecular weight excluding hydrogens is 825 g/mol. The van der Waals surface area contributed by atoms with E-state index in [2.05, 4.69) is 32.2 Å². The van der Waals surface area contributed by atoms with Crippen molar-refractivity contribution in [2.75, 3.05) is 42.2 Å². The molecule has 3 aromatic carbocycles. The number of unbranched alkanes of at least 4 members (excludes halogenated alkanes) is 1. The second-order valence-corrected chi connectivity index (χ2v) is 22.3. The zero-order valence-corrected chi connectivity index (χ0v) is 34.7. The topological polar surface area (TPSA) is 194 Å². The Balaban J connectivity index is 0.917. The molecule has 2 amide bonds. The van der Waals surface area contributed by atoms with Gasteiger partial charge in [0.05, 0.1) is 21.0 Å². The summed E-state index contributed by atoms with van der Waals surface area (Å²) in [7, 11) is -7.84. The molecule has 1 spiro atoms. The molecule has 6 rings (SSSR count). The number of benzene rings is 3. The van der Waals surface area contributed by atoms with Crippen LogP contribution in [-0.2, 0) is 37.1 Å². The van der Waals surface area contributed by atoms with Crippen molar-refractivity contribution in [1.29, 1.82) is 0 Å². The minimum atomic E-state index is -3.97. The van der Waals surface area contributed by atoms with Gasteiger partial charge in [0.2, 0.25) is 23.3 Å². The van der Waals surface area contributed by atoms with Crippen molar-refractivity contribution < 1.29 is 37.4 Å². The van der Waals surface area contributed by atoms with E-state index < -0.39 is 41.5 Å². The number of fused-ring (bicyclic) bond motifs is 1. The molecule has 19 heteroatoms. The predicted molar refractivity (Wildman–Crippen MR) is 220 cm³/mol. The first kappa shape index (κ1) is 41.9. The number of rotatable bonds is 16. The fourth-order valence-corrected chi connectivity index (χ4v) is 13.8. The van der Waals surface area contributed by atoms with Gasteiger partial charge in [-0.1, -0.05) is 54.1 Å². The highest BCUT2D eigenvalue weighted by molar-refractivity contribution is 8.21. The fraction of sp³-hybridized carbons (Fsp3) is 0.417. The number of hydrogen-bond donors (Lipinski definition) is 6. The van der Waals surface area contributed by atoms with Gasteiger partial charge in [-0.2, -0.15) is 0 Å². The van der Waals surface area contributed by atoms with Crippen LogP contribution in [0.3, 0.4) is 0 Å². The number of halogens is 1. The number of carbonyl (C=O) groups is 3. The number of sulfonamides is 1. The predicted octanol–water partition coefficient (Wildman–Crippen LogP) is 5.44. The summed E-state index contributed by atoms with van der Waals surface area (Å²) < 4.78 is 44.9. The highest BCUT2D eigenvalue weighted by Gasteiger charge is 2.51. The number of carboxylic acid groups (broad SMARTS) is 1. The van der Waals surface area contributed by atoms with Crippen LogP contribution in [0, 0.1) is 0 Å². The van der Waals surface area contributed by atoms with Crippen LogP contribution in [0.15, 0.2) is 76.5 Å². The number of aliphatic carboxylic acids is 1. The Morgan fingerprint density at radius 1 is 1.02 bits per heavy atom. The van der Waals surface area contributed by atoms with E-state index in [1.165, 1.54) is 22.4 Å². The summed E-state index contributed by atoms with van der Waals surface area (Å²) in [6, 6.07) is 18.8. The number of thioether (sulfide) groups is 2. The molecule has 0 radical (unpaired) electrons. The molecule has 3 aliphatic rings. The largest absolute Gasteiger partial charge is 0.480 e. The van der Waals surface area contributed by atoms with Gasteiger partial charge in [0.25, 0.3) is 5.91 Å². The van der Waals surface area contributed by atoms with E-state index in [4.69, 9.17) is 11.6 Å². The Morgan fingerprint density at radius 3 is 2.45 bits per heavy atom. The molecule has 0 aromatic heterocycles. The second-order valence-electron chi connectivity index (χ2n) is 13.6. The lowest BCUT2D eigenvalue weighted by atomic mass is 10.1. The normalized spacial score (nSPS) is 20.1. The highest BCUT2D eigenvalue weighted by atomic mass is 35.5. The summed E-state index contributed by atoms with van der Waals surface area (Å²) in [5, 5.41) is 15.9. The van der Waals surface area contributed by atoms with Crippen LogP contribution in [0.1, 0.15) is 47.2 Å². The van der Waals surface area contributed by atoms with E-state index in [0.717, 1.165) is 30.0 Å². The number of carbonyl (C=O) groups excluding carboxylic acids is 2. The monoisotopic (exact) mass is 867 g/mol. The third-order valence-corrected chi connectivity index (χ3v) is 17.6. The Morgan fingerprint density at radius 2 is 1.75 bits per heavy atom. The minimum absolute atomic E-state index is 0.0186. The summed E-state index contributed by atoms with van der Waals surface area (Å²) in [5.41, 5.74) is 2.97. The Bertz CT molecular complexity index is 2040. The molecule has 0 saturated carbocycles. The molecule has 3 heterocycles. The minimum Gasteiger partial charge on any atom is -0.480 e. The van der Waals surface area contributed by atoms with Crippen LogP contribution in [0.2, 0.25) is 5.02 Å². The van der Waals surface area contributed by atoms with E-state index in [9.17, 15) is 37.4 Å². The van der Waals surface area contributed by atoms with Gasteiger partial charge in [-0.05, 0) is 73.0 Å². The van der Waals surface area contributed by atoms with Crippen LogP contribution in [0.5, 0.6) is 0 Å². The van der Waals surface area contributed by atoms with Crippen molar-refractivity contribution in [1.82, 2.24) is 19.7 Å². The summed E-state index contributed by atoms with van der Waals surface area (Å²) >= 11 is 11.1. The van der Waals surface area contributed by atoms with Gasteiger partial charge < -0.3 is 25.5 Å². The van der Waals surface area contributed by atoms with Crippen molar-refractivity contribution >= 4 is 87.9 Å². The molecule has 3 aromatic rings. The lowest BCUT2D eigenvalue weighted by molar-refractivity contribution is -0.147. The van der Waals surface area contributed by atoms with Gasteiger partial charge in [-0.25, -0.2) is 22.7 Å². The molecule has 296 valence electrons. The Kier molecular flexibility index (Phi) is 13.9. The van der Waals surface area contributed by atoms with Crippen molar-refractivity contribution in [3.8, 4) is 0 Å². The van der Waals surface area contributed by atoms with Gasteiger partial charge in [0.1, 0.15) is 17.1 Å². The molecule has 0 aliphatic carbocycles. The van der Waals surface area contributed by atoms with Gasteiger partial charge in [0.15, 0.2) is 0 Å². The van der Waals surface area contributed by atoms with E-state index in [1.807, 2.05) is 18.2 Å². The Labute approximate surface area is 338 Å². The number of nitrogens with zero attached hydrogens (tertiary/aromatic N) is 1. The van der Waals surface area contributed by atoms with Crippen molar-refractivity contribution in [2.45, 2.75) is 64.7 Å². The molecule has 0 bridgehead atoms. The standard InChI is InChI=1S/C36H43ClN5O8PS4/c37-27-18-28-30(54-41-32(40-28)13-10-24-6-2-1-3-7-24)19-31(27)55(49,50)39-21-25-8-11-26(12-9-25)34(44)38-14-4-5-15-51(47,48)22-33(43)42-23-36(52-16-17-53-36)20-29(42)35(45)46/h1-3,6-9,11-12,18-19,29,32,39-41H,4-5,10,13-17,20-23H2,(H,38,44)(H,45,46)(H,47,48). The van der Waals surface area contributed by atoms with E-state index >= 15 is 0 Å². The van der Waals surface area contributed by atoms with E-state index in [0.29, 0.717) is 28.9 Å². The average Bonchev–Trinajstić information content (AvgIpc) is 3.79. The lowest BCUT2D eigenvalue weighted by Crippen LogP contribution is -2.42. The smallest absolute Gasteiger partial charge is 0.326 e. The number of nitrogens with one attached hydrogen (secondary N) is 4. The number of carboxylic acids is 1. The SMILES string of the molecule is O=C(NCCCCP(=O)(O)CC(=O)N1CC2(CC1C(=O)O)SCCS2)c1ccc(CNS(=O)(=O)c2cc3c(cc2Cl)NC(CCc2ccccc2)NS3)cc1. The van der Waals surface area contributed by atoms with Crippen molar-refractivity contribution in [2.24, 2.45) is 0 Å². The van der Waals surface area contributed by atoms with Crippen molar-refractivity contribution in [3.05, 3.63) is 88.4 Å². The number of aryl methyl sites for hydroxylation is 1. The van der Waals surface area contributed by atoms with Gasteiger partial charge >= 0.3 is 5.97 Å². The first-order valence-electron chi connectivity index (χ1n) is 17.8. The third-order valence-electron chi connectivity index (χ3n) is 9.52.